The Labute approximate surface area is 99.2 Å². The number of hydrogen-bond donors (Lipinski definition) is 0. The predicted molar refractivity (Wildman–Crippen MR) is 57.4 cm³/mol. The maximum atomic E-state index is 12.8. The average molecular weight is 249 g/mol. The smallest absolute Gasteiger partial charge is 0.330 e. The number of hydrogen-bond acceptors (Lipinski definition) is 1. The highest BCUT2D eigenvalue weighted by atomic mass is 19.4. The Hall–Kier alpha value is -0.740. The number of rotatable bonds is 1. The SMILES string of the molecule is O=C(C1CCCC1)N1CCCCC1C(F)(F)F. The first kappa shape index (κ1) is 12.7. The van der Waals surface area contributed by atoms with Crippen LogP contribution >= 0.6 is 0 Å². The molecule has 0 aromatic heterocycles. The summed E-state index contributed by atoms with van der Waals surface area (Å²) in [5, 5.41) is 0. The quantitative estimate of drug-likeness (QED) is 0.699. The van der Waals surface area contributed by atoms with Crippen molar-refractivity contribution < 1.29 is 18.0 Å². The van der Waals surface area contributed by atoms with E-state index in [1.807, 2.05) is 0 Å². The van der Waals surface area contributed by atoms with Gasteiger partial charge in [0.1, 0.15) is 6.04 Å². The van der Waals surface area contributed by atoms with Gasteiger partial charge in [-0.1, -0.05) is 12.8 Å². The molecule has 1 aliphatic carbocycles. The van der Waals surface area contributed by atoms with Crippen molar-refractivity contribution in [1.82, 2.24) is 4.90 Å². The first-order valence-electron chi connectivity index (χ1n) is 6.37. The van der Waals surface area contributed by atoms with Gasteiger partial charge in [0, 0.05) is 12.5 Å². The molecule has 2 nitrogen and oxygen atoms in total. The van der Waals surface area contributed by atoms with Crippen LogP contribution in [0.2, 0.25) is 0 Å². The van der Waals surface area contributed by atoms with E-state index in [2.05, 4.69) is 0 Å². The third-order valence-electron chi connectivity index (χ3n) is 3.87. The number of likely N-dealkylation sites (tertiary alicyclic amines) is 1. The first-order chi connectivity index (χ1) is 8.00. The molecule has 2 aliphatic rings. The van der Waals surface area contributed by atoms with Crippen LogP contribution in [-0.4, -0.2) is 29.6 Å². The Bertz CT molecular complexity index is 284. The van der Waals surface area contributed by atoms with Gasteiger partial charge in [0.2, 0.25) is 5.91 Å². The summed E-state index contributed by atoms with van der Waals surface area (Å²) in [6.45, 7) is 0.277. The molecule has 5 heteroatoms. The second-order valence-electron chi connectivity index (χ2n) is 5.07. The second kappa shape index (κ2) is 4.86. The lowest BCUT2D eigenvalue weighted by Crippen LogP contribution is -2.52. The molecule has 1 aliphatic heterocycles. The number of amides is 1. The molecule has 98 valence electrons. The molecule has 0 radical (unpaired) electrons. The minimum absolute atomic E-state index is 0.0714. The van der Waals surface area contributed by atoms with E-state index in [0.717, 1.165) is 30.6 Å². The van der Waals surface area contributed by atoms with E-state index in [-0.39, 0.29) is 24.8 Å². The molecule has 0 bridgehead atoms. The lowest BCUT2D eigenvalue weighted by atomic mass is 9.98. The fourth-order valence-electron chi connectivity index (χ4n) is 2.94. The van der Waals surface area contributed by atoms with Crippen molar-refractivity contribution in [2.45, 2.75) is 57.2 Å². The van der Waals surface area contributed by atoms with Crippen LogP contribution < -0.4 is 0 Å². The van der Waals surface area contributed by atoms with Crippen molar-refractivity contribution in [3.63, 3.8) is 0 Å². The molecule has 1 atom stereocenters. The second-order valence-corrected chi connectivity index (χ2v) is 5.07. The monoisotopic (exact) mass is 249 g/mol. The number of alkyl halides is 3. The van der Waals surface area contributed by atoms with Crippen molar-refractivity contribution in [2.24, 2.45) is 5.92 Å². The van der Waals surface area contributed by atoms with Gasteiger partial charge in [-0.2, -0.15) is 13.2 Å². The van der Waals surface area contributed by atoms with Crippen LogP contribution in [0.1, 0.15) is 44.9 Å². The van der Waals surface area contributed by atoms with Crippen LogP contribution in [0, 0.1) is 5.92 Å². The van der Waals surface area contributed by atoms with Crippen LogP contribution in [-0.2, 0) is 4.79 Å². The van der Waals surface area contributed by atoms with E-state index in [1.165, 1.54) is 0 Å². The number of nitrogens with zero attached hydrogens (tertiary/aromatic N) is 1. The molecule has 1 unspecified atom stereocenters. The molecule has 1 saturated carbocycles. The standard InChI is InChI=1S/C12H18F3NO/c13-12(14,15)10-7-3-4-8-16(10)11(17)9-5-1-2-6-9/h9-10H,1-8H2. The van der Waals surface area contributed by atoms with E-state index in [0.29, 0.717) is 12.8 Å². The minimum atomic E-state index is -4.27. The number of carbonyl (C=O) groups is 1. The van der Waals surface area contributed by atoms with E-state index in [9.17, 15) is 18.0 Å². The van der Waals surface area contributed by atoms with Gasteiger partial charge < -0.3 is 4.90 Å². The number of halogens is 3. The Morgan fingerprint density at radius 3 is 2.18 bits per heavy atom. The normalized spacial score (nSPS) is 27.5. The molecule has 2 rings (SSSR count). The first-order valence-corrected chi connectivity index (χ1v) is 6.37. The zero-order valence-corrected chi connectivity index (χ0v) is 9.80. The van der Waals surface area contributed by atoms with Gasteiger partial charge >= 0.3 is 6.18 Å². The summed E-state index contributed by atoms with van der Waals surface area (Å²) < 4.78 is 38.5. The largest absolute Gasteiger partial charge is 0.408 e. The summed E-state index contributed by atoms with van der Waals surface area (Å²) in [7, 11) is 0. The van der Waals surface area contributed by atoms with Crippen molar-refractivity contribution in [3.8, 4) is 0 Å². The zero-order chi connectivity index (χ0) is 12.5. The van der Waals surface area contributed by atoms with Crippen LogP contribution in [0.3, 0.4) is 0 Å². The van der Waals surface area contributed by atoms with Crippen LogP contribution in [0.5, 0.6) is 0 Å². The minimum Gasteiger partial charge on any atom is -0.330 e. The molecule has 1 amide bonds. The summed E-state index contributed by atoms with van der Waals surface area (Å²) in [4.78, 5) is 13.2. The lowest BCUT2D eigenvalue weighted by Gasteiger charge is -2.38. The fraction of sp³-hybridized carbons (Fsp3) is 0.917. The summed E-state index contributed by atoms with van der Waals surface area (Å²) in [5.74, 6) is -0.414. The summed E-state index contributed by atoms with van der Waals surface area (Å²) >= 11 is 0. The highest BCUT2D eigenvalue weighted by Crippen LogP contribution is 2.35. The molecule has 1 heterocycles. The molecular weight excluding hydrogens is 231 g/mol. The molecule has 2 fully saturated rings. The molecular formula is C12H18F3NO. The Balaban J connectivity index is 2.07. The van der Waals surface area contributed by atoms with E-state index < -0.39 is 12.2 Å². The van der Waals surface area contributed by atoms with Crippen molar-refractivity contribution in [2.75, 3.05) is 6.54 Å². The fourth-order valence-corrected chi connectivity index (χ4v) is 2.94. The molecule has 0 aromatic rings. The van der Waals surface area contributed by atoms with E-state index in [4.69, 9.17) is 0 Å². The van der Waals surface area contributed by atoms with Gasteiger partial charge in [0.05, 0.1) is 0 Å². The Kier molecular flexibility index (Phi) is 3.64. The predicted octanol–water partition coefficient (Wildman–Crippen LogP) is 3.12. The highest BCUT2D eigenvalue weighted by Gasteiger charge is 2.47. The topological polar surface area (TPSA) is 20.3 Å². The van der Waals surface area contributed by atoms with Crippen molar-refractivity contribution in [1.29, 1.82) is 0 Å². The molecule has 0 N–H and O–H groups in total. The van der Waals surface area contributed by atoms with Gasteiger partial charge in [-0.3, -0.25) is 4.79 Å². The van der Waals surface area contributed by atoms with Crippen molar-refractivity contribution in [3.05, 3.63) is 0 Å². The van der Waals surface area contributed by atoms with E-state index >= 15 is 0 Å². The maximum absolute atomic E-state index is 12.8. The van der Waals surface area contributed by atoms with Crippen LogP contribution in [0.4, 0.5) is 13.2 Å². The third-order valence-corrected chi connectivity index (χ3v) is 3.87. The summed E-state index contributed by atoms with van der Waals surface area (Å²) in [6.07, 6.45) is 0.544. The zero-order valence-electron chi connectivity index (χ0n) is 9.80. The molecule has 1 saturated heterocycles. The van der Waals surface area contributed by atoms with Crippen LogP contribution in [0.15, 0.2) is 0 Å². The third kappa shape index (κ3) is 2.75. The Morgan fingerprint density at radius 1 is 1.00 bits per heavy atom. The molecule has 0 spiro atoms. The maximum Gasteiger partial charge on any atom is 0.408 e. The van der Waals surface area contributed by atoms with Gasteiger partial charge in [-0.25, -0.2) is 0 Å². The molecule has 0 aromatic carbocycles. The average Bonchev–Trinajstić information content (AvgIpc) is 2.80. The number of carbonyl (C=O) groups excluding carboxylic acids is 1. The van der Waals surface area contributed by atoms with Gasteiger partial charge in [0.25, 0.3) is 0 Å². The highest BCUT2D eigenvalue weighted by molar-refractivity contribution is 5.79. The van der Waals surface area contributed by atoms with Crippen molar-refractivity contribution >= 4 is 5.91 Å². The lowest BCUT2D eigenvalue weighted by molar-refractivity contribution is -0.197. The van der Waals surface area contributed by atoms with E-state index in [1.54, 1.807) is 0 Å². The molecule has 17 heavy (non-hydrogen) atoms. The summed E-state index contributed by atoms with van der Waals surface area (Å²) in [5.41, 5.74) is 0. The summed E-state index contributed by atoms with van der Waals surface area (Å²) in [6, 6.07) is -1.54. The van der Waals surface area contributed by atoms with Crippen LogP contribution in [0.25, 0.3) is 0 Å². The van der Waals surface area contributed by atoms with Gasteiger partial charge in [-0.05, 0) is 32.1 Å². The van der Waals surface area contributed by atoms with Gasteiger partial charge in [-0.15, -0.1) is 0 Å². The Morgan fingerprint density at radius 2 is 1.59 bits per heavy atom. The number of piperidine rings is 1. The van der Waals surface area contributed by atoms with Gasteiger partial charge in [0.15, 0.2) is 0 Å².